The number of carbonyl (C=O) groups is 1. The molecule has 3 aromatic carbocycles. The molecule has 27 heavy (non-hydrogen) atoms. The van der Waals surface area contributed by atoms with Crippen LogP contribution in [0.3, 0.4) is 0 Å². The zero-order chi connectivity index (χ0) is 18.7. The van der Waals surface area contributed by atoms with Crippen molar-refractivity contribution < 1.29 is 4.79 Å². The molecule has 0 bridgehead atoms. The minimum atomic E-state index is -0.107. The van der Waals surface area contributed by atoms with Crippen LogP contribution in [-0.4, -0.2) is 11.4 Å². The molecule has 1 aliphatic carbocycles. The number of anilines is 1. The summed E-state index contributed by atoms with van der Waals surface area (Å²) in [6.45, 7) is 0. The minimum Gasteiger partial charge on any atom is -0.325 e. The maximum atomic E-state index is 12.2. The minimum absolute atomic E-state index is 0.0918. The van der Waals surface area contributed by atoms with Crippen molar-refractivity contribution in [2.75, 3.05) is 5.32 Å². The average Bonchev–Trinajstić information content (AvgIpc) is 3.40. The number of aryl methyl sites for hydroxylation is 1. The molecule has 136 valence electrons. The van der Waals surface area contributed by atoms with Crippen LogP contribution in [0.1, 0.15) is 40.2 Å². The summed E-state index contributed by atoms with van der Waals surface area (Å²) < 4.78 is 0. The van der Waals surface area contributed by atoms with E-state index in [1.165, 1.54) is 11.1 Å². The molecule has 0 unspecified atom stereocenters. The van der Waals surface area contributed by atoms with Crippen molar-refractivity contribution in [3.8, 4) is 0 Å². The third-order valence-electron chi connectivity index (χ3n) is 5.45. The van der Waals surface area contributed by atoms with E-state index >= 15 is 0 Å². The monoisotopic (exact) mass is 356 g/mol. The maximum Gasteiger partial charge on any atom is 0.255 e. The molecule has 3 heteroatoms. The van der Waals surface area contributed by atoms with Gasteiger partial charge in [0.1, 0.15) is 0 Å². The zero-order valence-electron chi connectivity index (χ0n) is 15.3. The Labute approximate surface area is 160 Å². The van der Waals surface area contributed by atoms with Gasteiger partial charge in [0.15, 0.2) is 0 Å². The van der Waals surface area contributed by atoms with Crippen molar-refractivity contribution in [3.63, 3.8) is 0 Å². The Kier molecular flexibility index (Phi) is 4.78. The second-order valence-electron chi connectivity index (χ2n) is 7.42. The van der Waals surface area contributed by atoms with Crippen molar-refractivity contribution in [2.24, 2.45) is 5.73 Å². The Morgan fingerprint density at radius 1 is 0.926 bits per heavy atom. The molecule has 3 aromatic rings. The summed E-state index contributed by atoms with van der Waals surface area (Å²) >= 11 is 0. The molecule has 2 atom stereocenters. The van der Waals surface area contributed by atoms with Crippen LogP contribution in [0.2, 0.25) is 0 Å². The Hall–Kier alpha value is -2.91. The Morgan fingerprint density at radius 3 is 2.22 bits per heavy atom. The fourth-order valence-corrected chi connectivity index (χ4v) is 3.66. The number of amides is 1. The first kappa shape index (κ1) is 17.5. The molecule has 0 aliphatic heterocycles. The Morgan fingerprint density at radius 2 is 1.56 bits per heavy atom. The summed E-state index contributed by atoms with van der Waals surface area (Å²) in [6.07, 6.45) is 3.03. The quantitative estimate of drug-likeness (QED) is 0.669. The number of rotatable bonds is 6. The second-order valence-corrected chi connectivity index (χ2v) is 7.42. The first-order chi connectivity index (χ1) is 13.1. The average molecular weight is 356 g/mol. The smallest absolute Gasteiger partial charge is 0.255 e. The first-order valence-corrected chi connectivity index (χ1v) is 9.43. The number of nitrogens with one attached hydrogen (secondary N) is 1. The molecule has 1 fully saturated rings. The third kappa shape index (κ3) is 4.09. The van der Waals surface area contributed by atoms with Crippen LogP contribution >= 0.6 is 0 Å². The van der Waals surface area contributed by atoms with Crippen LogP contribution < -0.4 is 11.1 Å². The van der Waals surface area contributed by atoms with Gasteiger partial charge in [-0.25, -0.2) is 0 Å². The molecule has 3 nitrogen and oxygen atoms in total. The van der Waals surface area contributed by atoms with Gasteiger partial charge in [-0.3, -0.25) is 4.79 Å². The highest BCUT2D eigenvalue weighted by Crippen LogP contribution is 2.52. The molecule has 0 aromatic heterocycles. The predicted octanol–water partition coefficient (Wildman–Crippen LogP) is 4.76. The van der Waals surface area contributed by atoms with Gasteiger partial charge in [-0.1, -0.05) is 60.7 Å². The summed E-state index contributed by atoms with van der Waals surface area (Å²) in [7, 11) is 0. The van der Waals surface area contributed by atoms with E-state index in [4.69, 9.17) is 5.73 Å². The number of nitrogens with two attached hydrogens (primary N) is 1. The van der Waals surface area contributed by atoms with E-state index in [0.29, 0.717) is 11.5 Å². The third-order valence-corrected chi connectivity index (χ3v) is 5.45. The SMILES string of the molecule is N[C@]1(CCc2ccccc2)C[C@H]1c1ccc(NC(=O)c2ccccc2)cc1. The van der Waals surface area contributed by atoms with E-state index in [-0.39, 0.29) is 11.4 Å². The van der Waals surface area contributed by atoms with Gasteiger partial charge in [-0.2, -0.15) is 0 Å². The molecule has 4 rings (SSSR count). The van der Waals surface area contributed by atoms with Gasteiger partial charge < -0.3 is 11.1 Å². The van der Waals surface area contributed by atoms with Crippen LogP contribution in [-0.2, 0) is 6.42 Å². The van der Waals surface area contributed by atoms with Crippen molar-refractivity contribution >= 4 is 11.6 Å². The molecule has 0 spiro atoms. The fraction of sp³-hybridized carbons (Fsp3) is 0.208. The molecule has 0 saturated heterocycles. The molecule has 0 radical (unpaired) electrons. The highest BCUT2D eigenvalue weighted by Gasteiger charge is 2.50. The first-order valence-electron chi connectivity index (χ1n) is 9.43. The van der Waals surface area contributed by atoms with Crippen molar-refractivity contribution in [3.05, 3.63) is 102 Å². The number of hydrogen-bond acceptors (Lipinski definition) is 2. The van der Waals surface area contributed by atoms with Crippen LogP contribution in [0.15, 0.2) is 84.9 Å². The van der Waals surface area contributed by atoms with Gasteiger partial charge in [-0.05, 0) is 54.7 Å². The standard InChI is InChI=1S/C24H24N2O/c25-24(16-15-18-7-3-1-4-8-18)17-22(24)19-11-13-21(14-12-19)26-23(27)20-9-5-2-6-10-20/h1-14,22H,15-17,25H2,(H,26,27)/t22-,24+/m0/s1. The lowest BCUT2D eigenvalue weighted by Gasteiger charge is -2.12. The molecule has 3 N–H and O–H groups in total. The lowest BCUT2D eigenvalue weighted by molar-refractivity contribution is 0.102. The second kappa shape index (κ2) is 7.37. The van der Waals surface area contributed by atoms with E-state index < -0.39 is 0 Å². The fourth-order valence-electron chi connectivity index (χ4n) is 3.66. The van der Waals surface area contributed by atoms with E-state index in [1.54, 1.807) is 0 Å². The molecular formula is C24H24N2O. The summed E-state index contributed by atoms with van der Waals surface area (Å²) in [5.74, 6) is 0.311. The lowest BCUT2D eigenvalue weighted by Crippen LogP contribution is -2.25. The largest absolute Gasteiger partial charge is 0.325 e. The van der Waals surface area contributed by atoms with E-state index in [0.717, 1.165) is 24.9 Å². The van der Waals surface area contributed by atoms with Gasteiger partial charge >= 0.3 is 0 Å². The van der Waals surface area contributed by atoms with Crippen molar-refractivity contribution in [2.45, 2.75) is 30.7 Å². The van der Waals surface area contributed by atoms with Gasteiger partial charge in [0, 0.05) is 22.7 Å². The maximum absolute atomic E-state index is 12.2. The van der Waals surface area contributed by atoms with E-state index in [9.17, 15) is 4.79 Å². The van der Waals surface area contributed by atoms with E-state index in [1.807, 2.05) is 48.5 Å². The van der Waals surface area contributed by atoms with Gasteiger partial charge in [0.05, 0.1) is 0 Å². The summed E-state index contributed by atoms with van der Waals surface area (Å²) in [5.41, 5.74) is 10.5. The van der Waals surface area contributed by atoms with Gasteiger partial charge in [0.25, 0.3) is 5.91 Å². The normalized spacial score (nSPS) is 20.9. The summed E-state index contributed by atoms with van der Waals surface area (Å²) in [6, 6.07) is 27.9. The summed E-state index contributed by atoms with van der Waals surface area (Å²) in [5, 5.41) is 2.94. The highest BCUT2D eigenvalue weighted by atomic mass is 16.1. The topological polar surface area (TPSA) is 55.1 Å². The van der Waals surface area contributed by atoms with Crippen LogP contribution in [0, 0.1) is 0 Å². The zero-order valence-corrected chi connectivity index (χ0v) is 15.3. The van der Waals surface area contributed by atoms with Crippen molar-refractivity contribution in [1.82, 2.24) is 0 Å². The van der Waals surface area contributed by atoms with Crippen molar-refractivity contribution in [1.29, 1.82) is 0 Å². The number of hydrogen-bond donors (Lipinski definition) is 2. The molecule has 0 heterocycles. The predicted molar refractivity (Wildman–Crippen MR) is 110 cm³/mol. The number of carbonyl (C=O) groups excluding carboxylic acids is 1. The van der Waals surface area contributed by atoms with Crippen LogP contribution in [0.5, 0.6) is 0 Å². The van der Waals surface area contributed by atoms with Gasteiger partial charge in [-0.15, -0.1) is 0 Å². The van der Waals surface area contributed by atoms with E-state index in [2.05, 4.69) is 41.7 Å². The molecule has 1 aliphatic rings. The highest BCUT2D eigenvalue weighted by molar-refractivity contribution is 6.04. The molecular weight excluding hydrogens is 332 g/mol. The molecule has 1 saturated carbocycles. The summed E-state index contributed by atoms with van der Waals surface area (Å²) in [4.78, 5) is 12.2. The Bertz CT molecular complexity index is 906. The van der Waals surface area contributed by atoms with Crippen LogP contribution in [0.25, 0.3) is 0 Å². The molecule has 1 amide bonds. The Balaban J connectivity index is 1.35. The van der Waals surface area contributed by atoms with Gasteiger partial charge in [0.2, 0.25) is 0 Å². The number of benzene rings is 3. The lowest BCUT2D eigenvalue weighted by atomic mass is 9.99. The van der Waals surface area contributed by atoms with Crippen LogP contribution in [0.4, 0.5) is 5.69 Å².